The van der Waals surface area contributed by atoms with E-state index in [4.69, 9.17) is 4.52 Å². The SMILES string of the molecule is CC(C)c1cc(C(=O)Nc2cnn(Cc3ccccc3)c2)on1. The van der Waals surface area contributed by atoms with Gasteiger partial charge in [-0.2, -0.15) is 5.10 Å². The highest BCUT2D eigenvalue weighted by Crippen LogP contribution is 2.15. The number of carbonyl (C=O) groups excluding carboxylic acids is 1. The van der Waals surface area contributed by atoms with Gasteiger partial charge in [0.05, 0.1) is 24.1 Å². The van der Waals surface area contributed by atoms with Crippen molar-refractivity contribution in [1.82, 2.24) is 14.9 Å². The Kier molecular flexibility index (Phi) is 4.23. The number of hydrogen-bond acceptors (Lipinski definition) is 4. The van der Waals surface area contributed by atoms with Crippen molar-refractivity contribution in [3.05, 3.63) is 65.8 Å². The molecule has 0 bridgehead atoms. The van der Waals surface area contributed by atoms with Crippen LogP contribution in [-0.2, 0) is 6.54 Å². The maximum atomic E-state index is 12.1. The summed E-state index contributed by atoms with van der Waals surface area (Å²) in [5.74, 6) is 0.0853. The van der Waals surface area contributed by atoms with Crippen molar-refractivity contribution in [1.29, 1.82) is 0 Å². The van der Waals surface area contributed by atoms with E-state index in [9.17, 15) is 4.79 Å². The van der Waals surface area contributed by atoms with Gasteiger partial charge in [-0.05, 0) is 11.5 Å². The van der Waals surface area contributed by atoms with E-state index in [-0.39, 0.29) is 17.6 Å². The zero-order valence-electron chi connectivity index (χ0n) is 13.1. The number of aromatic nitrogens is 3. The topological polar surface area (TPSA) is 73.0 Å². The molecule has 6 heteroatoms. The molecular formula is C17H18N4O2. The van der Waals surface area contributed by atoms with Gasteiger partial charge in [0.15, 0.2) is 0 Å². The monoisotopic (exact) mass is 310 g/mol. The molecular weight excluding hydrogens is 292 g/mol. The predicted octanol–water partition coefficient (Wildman–Crippen LogP) is 3.30. The van der Waals surface area contributed by atoms with Crippen LogP contribution in [0.4, 0.5) is 5.69 Å². The van der Waals surface area contributed by atoms with E-state index in [1.165, 1.54) is 0 Å². The Morgan fingerprint density at radius 2 is 2.09 bits per heavy atom. The molecule has 1 amide bonds. The van der Waals surface area contributed by atoms with E-state index < -0.39 is 0 Å². The maximum absolute atomic E-state index is 12.1. The number of anilines is 1. The minimum Gasteiger partial charge on any atom is -0.351 e. The van der Waals surface area contributed by atoms with Gasteiger partial charge in [0.1, 0.15) is 0 Å². The average molecular weight is 310 g/mol. The summed E-state index contributed by atoms with van der Waals surface area (Å²) in [6.07, 6.45) is 3.39. The Bertz CT molecular complexity index is 790. The average Bonchev–Trinajstić information content (AvgIpc) is 3.18. The summed E-state index contributed by atoms with van der Waals surface area (Å²) in [5.41, 5.74) is 2.52. The number of rotatable bonds is 5. The summed E-state index contributed by atoms with van der Waals surface area (Å²) in [4.78, 5) is 12.1. The minimum atomic E-state index is -0.330. The molecule has 0 fully saturated rings. The third kappa shape index (κ3) is 3.66. The van der Waals surface area contributed by atoms with Crippen molar-refractivity contribution in [2.75, 3.05) is 5.32 Å². The van der Waals surface area contributed by atoms with Crippen molar-refractivity contribution in [2.45, 2.75) is 26.3 Å². The van der Waals surface area contributed by atoms with Crippen molar-refractivity contribution < 1.29 is 9.32 Å². The molecule has 3 aromatic rings. The van der Waals surface area contributed by atoms with Gasteiger partial charge in [-0.25, -0.2) is 0 Å². The van der Waals surface area contributed by atoms with Crippen molar-refractivity contribution in [3.63, 3.8) is 0 Å². The molecule has 0 aliphatic carbocycles. The molecule has 0 radical (unpaired) electrons. The molecule has 6 nitrogen and oxygen atoms in total. The Balaban J connectivity index is 1.65. The maximum Gasteiger partial charge on any atom is 0.294 e. The van der Waals surface area contributed by atoms with Gasteiger partial charge in [-0.1, -0.05) is 49.3 Å². The van der Waals surface area contributed by atoms with E-state index in [1.54, 1.807) is 23.1 Å². The summed E-state index contributed by atoms with van der Waals surface area (Å²) in [7, 11) is 0. The molecule has 2 aromatic heterocycles. The standard InChI is InChI=1S/C17H18N4O2/c1-12(2)15-8-16(23-20-15)17(22)19-14-9-18-21(11-14)10-13-6-4-3-5-7-13/h3-9,11-12H,10H2,1-2H3,(H,19,22). The molecule has 0 spiro atoms. The second-order valence-corrected chi connectivity index (χ2v) is 5.64. The van der Waals surface area contributed by atoms with E-state index in [0.29, 0.717) is 12.2 Å². The van der Waals surface area contributed by atoms with Gasteiger partial charge in [0.25, 0.3) is 5.91 Å². The first-order chi connectivity index (χ1) is 11.1. The number of benzene rings is 1. The van der Waals surface area contributed by atoms with E-state index in [0.717, 1.165) is 11.3 Å². The highest BCUT2D eigenvalue weighted by molar-refractivity contribution is 6.02. The molecule has 0 unspecified atom stereocenters. The van der Waals surface area contributed by atoms with Crippen LogP contribution in [0.1, 0.15) is 41.6 Å². The van der Waals surface area contributed by atoms with E-state index in [1.807, 2.05) is 44.2 Å². The van der Waals surface area contributed by atoms with Crippen LogP contribution in [-0.4, -0.2) is 20.8 Å². The normalized spacial score (nSPS) is 10.9. The van der Waals surface area contributed by atoms with Crippen molar-refractivity contribution in [3.8, 4) is 0 Å². The fraction of sp³-hybridized carbons (Fsp3) is 0.235. The van der Waals surface area contributed by atoms with Crippen molar-refractivity contribution in [2.24, 2.45) is 0 Å². The van der Waals surface area contributed by atoms with Crippen molar-refractivity contribution >= 4 is 11.6 Å². The first-order valence-corrected chi connectivity index (χ1v) is 7.46. The summed E-state index contributed by atoms with van der Waals surface area (Å²) in [6.45, 7) is 4.64. The van der Waals surface area contributed by atoms with Crippen LogP contribution in [0.3, 0.4) is 0 Å². The molecule has 0 aliphatic rings. The molecule has 0 atom stereocenters. The predicted molar refractivity (Wildman–Crippen MR) is 86.3 cm³/mol. The second kappa shape index (κ2) is 6.48. The van der Waals surface area contributed by atoms with E-state index >= 15 is 0 Å². The summed E-state index contributed by atoms with van der Waals surface area (Å²) >= 11 is 0. The third-order valence-corrected chi connectivity index (χ3v) is 3.42. The lowest BCUT2D eigenvalue weighted by Crippen LogP contribution is -2.10. The lowest BCUT2D eigenvalue weighted by atomic mass is 10.1. The molecule has 1 N–H and O–H groups in total. The zero-order valence-corrected chi connectivity index (χ0v) is 13.1. The molecule has 0 saturated carbocycles. The Morgan fingerprint density at radius 3 is 2.78 bits per heavy atom. The Morgan fingerprint density at radius 1 is 1.30 bits per heavy atom. The smallest absolute Gasteiger partial charge is 0.294 e. The van der Waals surface area contributed by atoms with Crippen LogP contribution in [0, 0.1) is 0 Å². The van der Waals surface area contributed by atoms with Crippen LogP contribution in [0.5, 0.6) is 0 Å². The van der Waals surface area contributed by atoms with E-state index in [2.05, 4.69) is 15.6 Å². The molecule has 118 valence electrons. The number of nitrogens with zero attached hydrogens (tertiary/aromatic N) is 3. The molecule has 0 aliphatic heterocycles. The highest BCUT2D eigenvalue weighted by Gasteiger charge is 2.15. The van der Waals surface area contributed by atoms with Gasteiger partial charge in [0.2, 0.25) is 5.76 Å². The van der Waals surface area contributed by atoms with Crippen LogP contribution < -0.4 is 5.32 Å². The number of nitrogens with one attached hydrogen (secondary N) is 1. The molecule has 23 heavy (non-hydrogen) atoms. The first-order valence-electron chi connectivity index (χ1n) is 7.46. The molecule has 1 aromatic carbocycles. The molecule has 2 heterocycles. The van der Waals surface area contributed by atoms with Gasteiger partial charge in [0, 0.05) is 12.3 Å². The summed E-state index contributed by atoms with van der Waals surface area (Å²) in [5, 5.41) is 10.9. The third-order valence-electron chi connectivity index (χ3n) is 3.42. The highest BCUT2D eigenvalue weighted by atomic mass is 16.5. The number of hydrogen-bond donors (Lipinski definition) is 1. The quantitative estimate of drug-likeness (QED) is 0.785. The minimum absolute atomic E-state index is 0.199. The molecule has 3 rings (SSSR count). The fourth-order valence-corrected chi connectivity index (χ4v) is 2.15. The van der Waals surface area contributed by atoms with Gasteiger partial charge in [-0.15, -0.1) is 0 Å². The Hall–Kier alpha value is -2.89. The first kappa shape index (κ1) is 15.0. The fourth-order valence-electron chi connectivity index (χ4n) is 2.15. The summed E-state index contributed by atoms with van der Waals surface area (Å²) in [6, 6.07) is 11.7. The molecule has 0 saturated heterocycles. The second-order valence-electron chi connectivity index (χ2n) is 5.64. The Labute approximate surface area is 134 Å². The summed E-state index contributed by atoms with van der Waals surface area (Å²) < 4.78 is 6.84. The lowest BCUT2D eigenvalue weighted by Gasteiger charge is -2.01. The van der Waals surface area contributed by atoms with Crippen LogP contribution >= 0.6 is 0 Å². The van der Waals surface area contributed by atoms with Crippen LogP contribution in [0.2, 0.25) is 0 Å². The lowest BCUT2D eigenvalue weighted by molar-refractivity contribution is 0.0988. The zero-order chi connectivity index (χ0) is 16.2. The van der Waals surface area contributed by atoms with Gasteiger partial charge in [-0.3, -0.25) is 9.48 Å². The number of carbonyl (C=O) groups is 1. The van der Waals surface area contributed by atoms with Crippen LogP contribution in [0.25, 0.3) is 0 Å². The van der Waals surface area contributed by atoms with Gasteiger partial charge >= 0.3 is 0 Å². The largest absolute Gasteiger partial charge is 0.351 e. The van der Waals surface area contributed by atoms with Crippen LogP contribution in [0.15, 0.2) is 53.3 Å². The number of amides is 1. The van der Waals surface area contributed by atoms with Gasteiger partial charge < -0.3 is 9.84 Å².